The second-order valence-corrected chi connectivity index (χ2v) is 5.67. The van der Waals surface area contributed by atoms with Gasteiger partial charge in [-0.2, -0.15) is 5.26 Å². The van der Waals surface area contributed by atoms with Gasteiger partial charge in [-0.1, -0.05) is 0 Å². The maximum Gasteiger partial charge on any atom is 0.0897 e. The molecule has 0 saturated heterocycles. The largest absolute Gasteiger partial charge is 0.316 e. The number of nitriles is 1. The van der Waals surface area contributed by atoms with Crippen molar-refractivity contribution < 1.29 is 0 Å². The second kappa shape index (κ2) is 5.97. The van der Waals surface area contributed by atoms with Gasteiger partial charge < -0.3 is 5.32 Å². The van der Waals surface area contributed by atoms with Crippen LogP contribution in [0.2, 0.25) is 0 Å². The zero-order valence-corrected chi connectivity index (χ0v) is 11.0. The molecule has 1 heterocycles. The monoisotopic (exact) mass is 237 g/mol. The van der Waals surface area contributed by atoms with E-state index in [1.54, 1.807) is 11.3 Å². The van der Waals surface area contributed by atoms with E-state index in [2.05, 4.69) is 21.8 Å². The Morgan fingerprint density at radius 1 is 1.50 bits per heavy atom. The number of hydrogen-bond donors (Lipinski definition) is 1. The zero-order chi connectivity index (χ0) is 12.0. The van der Waals surface area contributed by atoms with Gasteiger partial charge in [-0.15, -0.1) is 11.3 Å². The third kappa shape index (κ3) is 4.73. The number of nitrogens with zero attached hydrogens (tertiary/aromatic N) is 2. The fourth-order valence-electron chi connectivity index (χ4n) is 1.32. The summed E-state index contributed by atoms with van der Waals surface area (Å²) in [5, 5.41) is 15.4. The van der Waals surface area contributed by atoms with Crippen molar-refractivity contribution in [2.45, 2.75) is 33.6 Å². The first-order valence-electron chi connectivity index (χ1n) is 5.56. The van der Waals surface area contributed by atoms with Crippen LogP contribution in [0.15, 0.2) is 5.38 Å². The molecule has 0 aliphatic heterocycles. The van der Waals surface area contributed by atoms with E-state index >= 15 is 0 Å². The molecule has 1 N–H and O–H groups in total. The Balaban J connectivity index is 2.11. The number of thiazole rings is 1. The van der Waals surface area contributed by atoms with Gasteiger partial charge in [-0.3, -0.25) is 0 Å². The quantitative estimate of drug-likeness (QED) is 0.773. The lowest BCUT2D eigenvalue weighted by Crippen LogP contribution is -2.23. The number of nitrogens with one attached hydrogen (secondary N) is 1. The summed E-state index contributed by atoms with van der Waals surface area (Å²) in [6, 6.07) is 2.30. The van der Waals surface area contributed by atoms with Gasteiger partial charge in [-0.05, 0) is 33.7 Å². The maximum atomic E-state index is 8.84. The Kier molecular flexibility index (Phi) is 4.91. The van der Waals surface area contributed by atoms with Crippen molar-refractivity contribution in [3.05, 3.63) is 16.1 Å². The van der Waals surface area contributed by atoms with Crippen molar-refractivity contribution in [3.63, 3.8) is 0 Å². The van der Waals surface area contributed by atoms with Gasteiger partial charge >= 0.3 is 0 Å². The normalized spacial score (nSPS) is 11.4. The van der Waals surface area contributed by atoms with Crippen LogP contribution < -0.4 is 5.32 Å². The molecule has 0 aliphatic rings. The second-order valence-electron chi connectivity index (χ2n) is 4.60. The molecule has 1 aromatic heterocycles. The molecule has 1 aromatic rings. The minimum absolute atomic E-state index is 0.218. The molecule has 0 aromatic carbocycles. The van der Waals surface area contributed by atoms with Gasteiger partial charge in [0.2, 0.25) is 0 Å². The SMILES string of the molecule is Cc1nc(CCNCCC(C)(C)C#N)cs1. The van der Waals surface area contributed by atoms with Crippen LogP contribution in [0.3, 0.4) is 0 Å². The fourth-order valence-corrected chi connectivity index (χ4v) is 1.97. The molecule has 88 valence electrons. The lowest BCUT2D eigenvalue weighted by Gasteiger charge is -2.14. The van der Waals surface area contributed by atoms with E-state index in [0.717, 1.165) is 36.6 Å². The molecule has 16 heavy (non-hydrogen) atoms. The minimum atomic E-state index is -0.218. The average Bonchev–Trinajstić information content (AvgIpc) is 2.64. The molecular weight excluding hydrogens is 218 g/mol. The maximum absolute atomic E-state index is 8.84. The van der Waals surface area contributed by atoms with E-state index in [-0.39, 0.29) is 5.41 Å². The first-order chi connectivity index (χ1) is 7.53. The van der Waals surface area contributed by atoms with Gasteiger partial charge in [0.25, 0.3) is 0 Å². The highest BCUT2D eigenvalue weighted by atomic mass is 32.1. The molecule has 0 bridgehead atoms. The van der Waals surface area contributed by atoms with E-state index in [1.807, 2.05) is 20.8 Å². The lowest BCUT2D eigenvalue weighted by atomic mass is 9.91. The van der Waals surface area contributed by atoms with Gasteiger partial charge in [0.1, 0.15) is 0 Å². The van der Waals surface area contributed by atoms with E-state index in [0.29, 0.717) is 0 Å². The molecule has 0 unspecified atom stereocenters. The van der Waals surface area contributed by atoms with Crippen molar-refractivity contribution >= 4 is 11.3 Å². The third-order valence-electron chi connectivity index (χ3n) is 2.45. The smallest absolute Gasteiger partial charge is 0.0897 e. The average molecular weight is 237 g/mol. The highest BCUT2D eigenvalue weighted by molar-refractivity contribution is 7.09. The van der Waals surface area contributed by atoms with E-state index in [4.69, 9.17) is 5.26 Å². The van der Waals surface area contributed by atoms with E-state index in [1.165, 1.54) is 0 Å². The van der Waals surface area contributed by atoms with Crippen molar-refractivity contribution in [2.24, 2.45) is 5.41 Å². The molecule has 0 fully saturated rings. The molecule has 0 atom stereocenters. The first-order valence-corrected chi connectivity index (χ1v) is 6.44. The third-order valence-corrected chi connectivity index (χ3v) is 3.28. The summed E-state index contributed by atoms with van der Waals surface area (Å²) < 4.78 is 0. The van der Waals surface area contributed by atoms with Crippen molar-refractivity contribution in [1.82, 2.24) is 10.3 Å². The highest BCUT2D eigenvalue weighted by Crippen LogP contribution is 2.17. The van der Waals surface area contributed by atoms with Crippen molar-refractivity contribution in [1.29, 1.82) is 5.26 Å². The van der Waals surface area contributed by atoms with Crippen LogP contribution in [-0.2, 0) is 6.42 Å². The van der Waals surface area contributed by atoms with Crippen LogP contribution >= 0.6 is 11.3 Å². The number of hydrogen-bond acceptors (Lipinski definition) is 4. The lowest BCUT2D eigenvalue weighted by molar-refractivity contribution is 0.433. The molecule has 3 nitrogen and oxygen atoms in total. The number of rotatable bonds is 6. The molecule has 1 rings (SSSR count). The van der Waals surface area contributed by atoms with Gasteiger partial charge in [0.05, 0.1) is 22.2 Å². The molecule has 0 aliphatic carbocycles. The summed E-state index contributed by atoms with van der Waals surface area (Å²) in [6.07, 6.45) is 1.86. The van der Waals surface area contributed by atoms with Crippen LogP contribution in [0, 0.1) is 23.7 Å². The van der Waals surface area contributed by atoms with E-state index < -0.39 is 0 Å². The topological polar surface area (TPSA) is 48.7 Å². The van der Waals surface area contributed by atoms with Crippen LogP contribution in [0.4, 0.5) is 0 Å². The Morgan fingerprint density at radius 2 is 2.25 bits per heavy atom. The van der Waals surface area contributed by atoms with Crippen LogP contribution in [0.25, 0.3) is 0 Å². The fraction of sp³-hybridized carbons (Fsp3) is 0.667. The number of aromatic nitrogens is 1. The Hall–Kier alpha value is -0.920. The molecule has 4 heteroatoms. The van der Waals surface area contributed by atoms with Crippen LogP contribution in [0.1, 0.15) is 31.0 Å². The van der Waals surface area contributed by atoms with Gasteiger partial charge in [0.15, 0.2) is 0 Å². The first kappa shape index (κ1) is 13.1. The van der Waals surface area contributed by atoms with Gasteiger partial charge in [0, 0.05) is 18.3 Å². The summed E-state index contributed by atoms with van der Waals surface area (Å²) in [6.45, 7) is 7.79. The summed E-state index contributed by atoms with van der Waals surface area (Å²) >= 11 is 1.69. The minimum Gasteiger partial charge on any atom is -0.316 e. The predicted molar refractivity (Wildman–Crippen MR) is 67.4 cm³/mol. The van der Waals surface area contributed by atoms with E-state index in [9.17, 15) is 0 Å². The van der Waals surface area contributed by atoms with Crippen molar-refractivity contribution in [3.8, 4) is 6.07 Å². The number of aryl methyl sites for hydroxylation is 1. The Morgan fingerprint density at radius 3 is 2.81 bits per heavy atom. The summed E-state index contributed by atoms with van der Waals surface area (Å²) in [5.74, 6) is 0. The van der Waals surface area contributed by atoms with Crippen molar-refractivity contribution in [2.75, 3.05) is 13.1 Å². The molecule has 0 amide bonds. The molecular formula is C12H19N3S. The molecule has 0 saturated carbocycles. The van der Waals surface area contributed by atoms with Gasteiger partial charge in [-0.25, -0.2) is 4.98 Å². The zero-order valence-electron chi connectivity index (χ0n) is 10.2. The summed E-state index contributed by atoms with van der Waals surface area (Å²) in [5.41, 5.74) is 0.944. The Labute approximate surface area is 102 Å². The summed E-state index contributed by atoms with van der Waals surface area (Å²) in [7, 11) is 0. The van der Waals surface area contributed by atoms with Crippen LogP contribution in [-0.4, -0.2) is 18.1 Å². The molecule has 0 radical (unpaired) electrons. The molecule has 0 spiro atoms. The highest BCUT2D eigenvalue weighted by Gasteiger charge is 2.15. The van der Waals surface area contributed by atoms with Crippen LogP contribution in [0.5, 0.6) is 0 Å². The standard InChI is InChI=1S/C12H19N3S/c1-10-15-11(8-16-10)4-6-14-7-5-12(2,3)9-13/h8,14H,4-7H2,1-3H3. The summed E-state index contributed by atoms with van der Waals surface area (Å²) in [4.78, 5) is 4.40. The predicted octanol–water partition coefficient (Wildman–Crippen LogP) is 2.52. The Bertz CT molecular complexity index is 363.